The molecule has 0 unspecified atom stereocenters. The lowest BCUT2D eigenvalue weighted by Crippen LogP contribution is -2.03. The van der Waals surface area contributed by atoms with Gasteiger partial charge in [0.05, 0.1) is 57.3 Å². The summed E-state index contributed by atoms with van der Waals surface area (Å²) < 4.78 is 4.42. The molecule has 0 saturated carbocycles. The first-order chi connectivity index (χ1) is 24.5. The Bertz CT molecular complexity index is 2810. The van der Waals surface area contributed by atoms with Crippen molar-refractivity contribution in [2.24, 2.45) is 0 Å². The van der Waals surface area contributed by atoms with E-state index in [4.69, 9.17) is 0 Å². The van der Waals surface area contributed by atoms with Crippen LogP contribution >= 0.6 is 0 Å². The molecule has 0 N–H and O–H groups in total. The summed E-state index contributed by atoms with van der Waals surface area (Å²) in [6.07, 6.45) is 1.93. The topological polar surface area (TPSA) is 81.2 Å². The van der Waals surface area contributed by atoms with Gasteiger partial charge in [-0.2, -0.15) is 15.8 Å². The summed E-state index contributed by atoms with van der Waals surface area (Å²) >= 11 is 0. The van der Waals surface area contributed by atoms with Gasteiger partial charge in [-0.05, 0) is 96.8 Å². The Balaban J connectivity index is 1.32. The van der Waals surface area contributed by atoms with Gasteiger partial charge in [0.15, 0.2) is 0 Å². The summed E-state index contributed by atoms with van der Waals surface area (Å²) in [5.74, 6) is 0. The van der Waals surface area contributed by atoms with Crippen LogP contribution in [0.5, 0.6) is 0 Å². The van der Waals surface area contributed by atoms with Crippen molar-refractivity contribution in [1.29, 1.82) is 15.8 Å². The van der Waals surface area contributed by atoms with Gasteiger partial charge in [0.1, 0.15) is 0 Å². The predicted molar refractivity (Wildman–Crippen MR) is 202 cm³/mol. The Labute approximate surface area is 290 Å². The summed E-state index contributed by atoms with van der Waals surface area (Å²) in [7, 11) is 0. The number of hydrogen-bond donors (Lipinski definition) is 0. The fraction of sp³-hybridized carbons (Fsp3) is 0.0444. The molecule has 0 amide bonds. The van der Waals surface area contributed by atoms with Crippen LogP contribution in [0.15, 0.2) is 139 Å². The summed E-state index contributed by atoms with van der Waals surface area (Å²) in [6, 6.07) is 52.0. The van der Waals surface area contributed by atoms with Gasteiger partial charge in [-0.25, -0.2) is 0 Å². The molecule has 0 aliphatic rings. The SMILES string of the molecule is C/C(C#N)=C\c1c(C)c2ccccc2n1-c1cccc(C#N)c1-c1ccccc1-c1ccc(-n2c3ccccc3c3cc(C#N)ccc32)cc1. The highest BCUT2D eigenvalue weighted by Crippen LogP contribution is 2.41. The average Bonchev–Trinajstić information content (AvgIpc) is 3.65. The summed E-state index contributed by atoms with van der Waals surface area (Å²) in [5.41, 5.74) is 12.6. The Morgan fingerprint density at radius 2 is 1.26 bits per heavy atom. The third-order valence-corrected chi connectivity index (χ3v) is 9.54. The van der Waals surface area contributed by atoms with E-state index in [1.54, 1.807) is 0 Å². The van der Waals surface area contributed by atoms with Gasteiger partial charge in [0, 0.05) is 33.0 Å². The number of nitriles is 3. The van der Waals surface area contributed by atoms with E-state index < -0.39 is 0 Å². The molecule has 2 heterocycles. The first-order valence-corrected chi connectivity index (χ1v) is 16.4. The molecule has 0 radical (unpaired) electrons. The van der Waals surface area contributed by atoms with Gasteiger partial charge in [-0.15, -0.1) is 0 Å². The van der Waals surface area contributed by atoms with E-state index in [0.717, 1.165) is 77.6 Å². The minimum absolute atomic E-state index is 0.566. The molecule has 0 aliphatic heterocycles. The maximum Gasteiger partial charge on any atom is 0.0998 e. The van der Waals surface area contributed by atoms with Crippen LogP contribution in [0.4, 0.5) is 0 Å². The Kier molecular flexibility index (Phi) is 7.34. The van der Waals surface area contributed by atoms with E-state index in [1.807, 2.05) is 79.7 Å². The van der Waals surface area contributed by atoms with Gasteiger partial charge in [0.25, 0.3) is 0 Å². The highest BCUT2D eigenvalue weighted by atomic mass is 15.0. The minimum atomic E-state index is 0.566. The van der Waals surface area contributed by atoms with Crippen molar-refractivity contribution in [3.8, 4) is 51.8 Å². The van der Waals surface area contributed by atoms with Crippen molar-refractivity contribution in [3.63, 3.8) is 0 Å². The van der Waals surface area contributed by atoms with Gasteiger partial charge < -0.3 is 9.13 Å². The Morgan fingerprint density at radius 1 is 0.600 bits per heavy atom. The van der Waals surface area contributed by atoms with Crippen molar-refractivity contribution in [1.82, 2.24) is 9.13 Å². The van der Waals surface area contributed by atoms with E-state index >= 15 is 0 Å². The minimum Gasteiger partial charge on any atom is -0.309 e. The molecule has 8 rings (SSSR count). The molecule has 234 valence electrons. The van der Waals surface area contributed by atoms with E-state index in [0.29, 0.717) is 16.7 Å². The summed E-state index contributed by atoms with van der Waals surface area (Å²) in [5, 5.41) is 33.0. The number of fused-ring (bicyclic) bond motifs is 4. The van der Waals surface area contributed by atoms with E-state index in [9.17, 15) is 15.8 Å². The lowest BCUT2D eigenvalue weighted by atomic mass is 9.90. The lowest BCUT2D eigenvalue weighted by Gasteiger charge is -2.19. The van der Waals surface area contributed by atoms with Crippen LogP contribution in [0.25, 0.3) is 72.4 Å². The number of nitrogens with zero attached hydrogens (tertiary/aromatic N) is 5. The zero-order chi connectivity index (χ0) is 34.4. The normalized spacial score (nSPS) is 11.5. The van der Waals surface area contributed by atoms with Crippen LogP contribution < -0.4 is 0 Å². The second-order valence-electron chi connectivity index (χ2n) is 12.4. The van der Waals surface area contributed by atoms with Gasteiger partial charge in [0.2, 0.25) is 0 Å². The van der Waals surface area contributed by atoms with Crippen LogP contribution in [0.3, 0.4) is 0 Å². The molecule has 8 aromatic rings. The zero-order valence-corrected chi connectivity index (χ0v) is 27.5. The summed E-state index contributed by atoms with van der Waals surface area (Å²) in [6.45, 7) is 3.90. The molecule has 6 aromatic carbocycles. The molecule has 0 fully saturated rings. The van der Waals surface area contributed by atoms with Crippen molar-refractivity contribution in [2.45, 2.75) is 13.8 Å². The van der Waals surface area contributed by atoms with Crippen molar-refractivity contribution < 1.29 is 0 Å². The second kappa shape index (κ2) is 12.1. The molecule has 5 nitrogen and oxygen atoms in total. The fourth-order valence-electron chi connectivity index (χ4n) is 7.26. The molecule has 50 heavy (non-hydrogen) atoms. The maximum atomic E-state index is 10.5. The largest absolute Gasteiger partial charge is 0.309 e. The fourth-order valence-corrected chi connectivity index (χ4v) is 7.26. The van der Waals surface area contributed by atoms with Crippen molar-refractivity contribution >= 4 is 38.8 Å². The van der Waals surface area contributed by atoms with Crippen molar-refractivity contribution in [3.05, 3.63) is 161 Å². The predicted octanol–water partition coefficient (Wildman–Crippen LogP) is 11.0. The molecule has 0 spiro atoms. The average molecular weight is 640 g/mol. The Hall–Kier alpha value is -7.13. The van der Waals surface area contributed by atoms with Gasteiger partial charge >= 0.3 is 0 Å². The van der Waals surface area contributed by atoms with E-state index in [2.05, 4.69) is 101 Å². The Morgan fingerprint density at radius 3 is 1.98 bits per heavy atom. The number of rotatable bonds is 5. The lowest BCUT2D eigenvalue weighted by molar-refractivity contribution is 1.09. The number of hydrogen-bond acceptors (Lipinski definition) is 3. The number of aryl methyl sites for hydroxylation is 1. The van der Waals surface area contributed by atoms with E-state index in [1.165, 1.54) is 0 Å². The highest BCUT2D eigenvalue weighted by Gasteiger charge is 2.21. The smallest absolute Gasteiger partial charge is 0.0998 e. The standard InChI is InChI=1S/C45H29N5/c1-29(26-46)24-44-30(2)35-11-5-7-15-40(35)50(44)43-17-9-10-33(28-48)45(43)38-14-4-3-12-36(38)32-19-21-34(22-20-32)49-41-16-8-6-13-37(41)39-25-31(27-47)18-23-42(39)49/h3-25H,1-2H3/b29-24+. The molecule has 0 aliphatic carbocycles. The van der Waals surface area contributed by atoms with Gasteiger partial charge in [-0.3, -0.25) is 0 Å². The van der Waals surface area contributed by atoms with Crippen LogP contribution in [0.2, 0.25) is 0 Å². The molecule has 5 heteroatoms. The number of allylic oxidation sites excluding steroid dienone is 1. The molecule has 0 bridgehead atoms. The monoisotopic (exact) mass is 639 g/mol. The molecule has 0 atom stereocenters. The number of benzene rings is 6. The number of aromatic nitrogens is 2. The van der Waals surface area contributed by atoms with Crippen LogP contribution in [-0.2, 0) is 0 Å². The number of para-hydroxylation sites is 2. The summed E-state index contributed by atoms with van der Waals surface area (Å²) in [4.78, 5) is 0. The van der Waals surface area contributed by atoms with Crippen molar-refractivity contribution in [2.75, 3.05) is 0 Å². The van der Waals surface area contributed by atoms with Gasteiger partial charge in [-0.1, -0.05) is 78.9 Å². The molecular weight excluding hydrogens is 611 g/mol. The molecule has 2 aromatic heterocycles. The van der Waals surface area contributed by atoms with E-state index in [-0.39, 0.29) is 0 Å². The maximum absolute atomic E-state index is 10.5. The third kappa shape index (κ3) is 4.76. The van der Waals surface area contributed by atoms with Crippen LogP contribution in [-0.4, -0.2) is 9.13 Å². The quantitative estimate of drug-likeness (QED) is 0.176. The first-order valence-electron chi connectivity index (χ1n) is 16.4. The molecule has 0 saturated heterocycles. The van der Waals surface area contributed by atoms with Crippen LogP contribution in [0, 0.1) is 40.9 Å². The zero-order valence-electron chi connectivity index (χ0n) is 27.5. The van der Waals surface area contributed by atoms with Crippen LogP contribution in [0.1, 0.15) is 29.3 Å². The third-order valence-electron chi connectivity index (χ3n) is 9.54. The first kappa shape index (κ1) is 30.2. The highest BCUT2D eigenvalue weighted by molar-refractivity contribution is 6.09. The molecular formula is C45H29N5. The second-order valence-corrected chi connectivity index (χ2v) is 12.4.